The fourth-order valence-electron chi connectivity index (χ4n) is 2.73. The molecule has 1 aromatic rings. The van der Waals surface area contributed by atoms with Crippen LogP contribution in [0, 0.1) is 0 Å². The van der Waals surface area contributed by atoms with Gasteiger partial charge < -0.3 is 15.2 Å². The van der Waals surface area contributed by atoms with E-state index in [-0.39, 0.29) is 25.3 Å². The first-order valence-electron chi connectivity index (χ1n) is 7.45. The number of rotatable bonds is 7. The average molecular weight is 320 g/mol. The van der Waals surface area contributed by atoms with Gasteiger partial charge in [0.05, 0.1) is 7.11 Å². The molecule has 7 nitrogen and oxygen atoms in total. The molecule has 0 saturated carbocycles. The van der Waals surface area contributed by atoms with Gasteiger partial charge in [0, 0.05) is 13.0 Å². The number of carboxylic acid groups (broad SMARTS) is 1. The summed E-state index contributed by atoms with van der Waals surface area (Å²) in [6.07, 6.45) is 0.551. The summed E-state index contributed by atoms with van der Waals surface area (Å²) in [5.41, 5.74) is -0.424. The lowest BCUT2D eigenvalue weighted by Gasteiger charge is -2.26. The van der Waals surface area contributed by atoms with Crippen molar-refractivity contribution in [2.24, 2.45) is 0 Å². The normalized spacial score (nSPS) is 20.5. The molecule has 1 atom stereocenters. The van der Waals surface area contributed by atoms with Crippen molar-refractivity contribution in [1.29, 1.82) is 0 Å². The Balaban J connectivity index is 2.23. The molecule has 0 aliphatic carbocycles. The molecule has 2 rings (SSSR count). The van der Waals surface area contributed by atoms with Gasteiger partial charge >= 0.3 is 12.0 Å². The number of imide groups is 1. The van der Waals surface area contributed by atoms with Crippen molar-refractivity contribution in [3.63, 3.8) is 0 Å². The van der Waals surface area contributed by atoms with Crippen molar-refractivity contribution in [2.45, 2.75) is 31.7 Å². The monoisotopic (exact) mass is 320 g/mol. The summed E-state index contributed by atoms with van der Waals surface area (Å²) < 4.78 is 5.10. The second-order valence-corrected chi connectivity index (χ2v) is 5.37. The molecule has 2 N–H and O–H groups in total. The van der Waals surface area contributed by atoms with E-state index in [0.717, 1.165) is 4.90 Å². The van der Waals surface area contributed by atoms with Gasteiger partial charge in [-0.25, -0.2) is 4.79 Å². The van der Waals surface area contributed by atoms with Crippen LogP contribution >= 0.6 is 0 Å². The van der Waals surface area contributed by atoms with Gasteiger partial charge in [-0.15, -0.1) is 0 Å². The molecule has 1 unspecified atom stereocenters. The van der Waals surface area contributed by atoms with Gasteiger partial charge in [-0.05, 0) is 30.5 Å². The Morgan fingerprint density at radius 2 is 1.96 bits per heavy atom. The Morgan fingerprint density at radius 3 is 2.48 bits per heavy atom. The van der Waals surface area contributed by atoms with Crippen LogP contribution in [0.3, 0.4) is 0 Å². The van der Waals surface area contributed by atoms with Crippen LogP contribution in [0.4, 0.5) is 4.79 Å². The number of ether oxygens (including phenoxy) is 1. The number of urea groups is 1. The maximum absolute atomic E-state index is 12.8. The third-order valence-corrected chi connectivity index (χ3v) is 4.06. The molecule has 1 aliphatic rings. The largest absolute Gasteiger partial charge is 0.497 e. The SMILES string of the molecule is CCC1(c2ccc(OC)cc2)NC(=O)N(CCCC(=O)O)C1=O. The number of hydrogen-bond acceptors (Lipinski definition) is 4. The predicted molar refractivity (Wildman–Crippen MR) is 82.1 cm³/mol. The van der Waals surface area contributed by atoms with E-state index in [1.807, 2.05) is 6.92 Å². The van der Waals surface area contributed by atoms with E-state index in [4.69, 9.17) is 9.84 Å². The highest BCUT2D eigenvalue weighted by atomic mass is 16.5. The Morgan fingerprint density at radius 1 is 1.30 bits per heavy atom. The number of hydrogen-bond donors (Lipinski definition) is 2. The fourth-order valence-corrected chi connectivity index (χ4v) is 2.73. The zero-order valence-corrected chi connectivity index (χ0v) is 13.2. The molecule has 1 saturated heterocycles. The molecule has 1 fully saturated rings. The molecule has 0 spiro atoms. The molecule has 0 bridgehead atoms. The minimum atomic E-state index is -1.10. The number of carbonyl (C=O) groups is 3. The molecule has 1 aliphatic heterocycles. The molecular formula is C16H20N2O5. The Hall–Kier alpha value is -2.57. The van der Waals surface area contributed by atoms with Crippen molar-refractivity contribution in [3.8, 4) is 5.75 Å². The van der Waals surface area contributed by atoms with Crippen LogP contribution in [0.1, 0.15) is 31.7 Å². The zero-order chi connectivity index (χ0) is 17.0. The van der Waals surface area contributed by atoms with Gasteiger partial charge in [0.1, 0.15) is 11.3 Å². The molecule has 7 heteroatoms. The molecule has 23 heavy (non-hydrogen) atoms. The average Bonchev–Trinajstić information content (AvgIpc) is 2.79. The van der Waals surface area contributed by atoms with Crippen LogP contribution in [0.25, 0.3) is 0 Å². The first-order valence-corrected chi connectivity index (χ1v) is 7.45. The number of benzene rings is 1. The minimum absolute atomic E-state index is 0.0846. The van der Waals surface area contributed by atoms with E-state index < -0.39 is 17.5 Å². The van der Waals surface area contributed by atoms with Crippen LogP contribution in [0.5, 0.6) is 5.75 Å². The van der Waals surface area contributed by atoms with Crippen LogP contribution in [-0.2, 0) is 15.1 Å². The molecule has 1 heterocycles. The fraction of sp³-hybridized carbons (Fsp3) is 0.438. The lowest BCUT2D eigenvalue weighted by Crippen LogP contribution is -2.43. The first-order chi connectivity index (χ1) is 10.9. The third kappa shape index (κ3) is 3.13. The number of carboxylic acids is 1. The number of aliphatic carboxylic acids is 1. The Bertz CT molecular complexity index is 613. The Kier molecular flexibility index (Phi) is 4.88. The van der Waals surface area contributed by atoms with Gasteiger partial charge in [-0.1, -0.05) is 19.1 Å². The van der Waals surface area contributed by atoms with Crippen molar-refractivity contribution in [1.82, 2.24) is 10.2 Å². The quantitative estimate of drug-likeness (QED) is 0.746. The summed E-state index contributed by atoms with van der Waals surface area (Å²) >= 11 is 0. The van der Waals surface area contributed by atoms with Crippen LogP contribution < -0.4 is 10.1 Å². The van der Waals surface area contributed by atoms with Crippen LogP contribution in [0.2, 0.25) is 0 Å². The lowest BCUT2D eigenvalue weighted by molar-refractivity contribution is -0.138. The Labute approximate surface area is 134 Å². The molecule has 1 aromatic carbocycles. The van der Waals surface area contributed by atoms with Gasteiger partial charge in [0.25, 0.3) is 5.91 Å². The van der Waals surface area contributed by atoms with E-state index in [1.165, 1.54) is 0 Å². The summed E-state index contributed by atoms with van der Waals surface area (Å²) in [4.78, 5) is 36.6. The smallest absolute Gasteiger partial charge is 0.325 e. The molecule has 0 aromatic heterocycles. The summed E-state index contributed by atoms with van der Waals surface area (Å²) in [5, 5.41) is 11.4. The lowest BCUT2D eigenvalue weighted by atomic mass is 9.87. The predicted octanol–water partition coefficient (Wildman–Crippen LogP) is 1.72. The summed E-state index contributed by atoms with van der Waals surface area (Å²) in [5.74, 6) is -0.635. The molecule has 124 valence electrons. The van der Waals surface area contributed by atoms with Crippen LogP contribution in [0.15, 0.2) is 24.3 Å². The van der Waals surface area contributed by atoms with E-state index in [0.29, 0.717) is 17.7 Å². The standard InChI is InChI=1S/C16H20N2O5/c1-3-16(11-6-8-12(23-2)9-7-11)14(21)18(15(22)17-16)10-4-5-13(19)20/h6-9H,3-5,10H2,1-2H3,(H,17,22)(H,19,20). The number of amides is 3. The van der Waals surface area contributed by atoms with Gasteiger partial charge in [0.15, 0.2) is 0 Å². The van der Waals surface area contributed by atoms with Crippen LogP contribution in [-0.4, -0.2) is 41.6 Å². The second-order valence-electron chi connectivity index (χ2n) is 5.37. The highest BCUT2D eigenvalue weighted by Crippen LogP contribution is 2.33. The summed E-state index contributed by atoms with van der Waals surface area (Å²) in [6.45, 7) is 1.91. The van der Waals surface area contributed by atoms with Gasteiger partial charge in [-0.2, -0.15) is 0 Å². The number of nitrogens with one attached hydrogen (secondary N) is 1. The molecule has 0 radical (unpaired) electrons. The van der Waals surface area contributed by atoms with Gasteiger partial charge in [-0.3, -0.25) is 14.5 Å². The third-order valence-electron chi connectivity index (χ3n) is 4.06. The van der Waals surface area contributed by atoms with E-state index >= 15 is 0 Å². The highest BCUT2D eigenvalue weighted by Gasteiger charge is 2.50. The summed E-state index contributed by atoms with van der Waals surface area (Å²) in [7, 11) is 1.55. The number of carbonyl (C=O) groups excluding carboxylic acids is 2. The topological polar surface area (TPSA) is 95.9 Å². The zero-order valence-electron chi connectivity index (χ0n) is 13.2. The number of nitrogens with zero attached hydrogens (tertiary/aromatic N) is 1. The van der Waals surface area contributed by atoms with E-state index in [2.05, 4.69) is 5.32 Å². The summed E-state index contributed by atoms with van der Waals surface area (Å²) in [6, 6.07) is 6.49. The van der Waals surface area contributed by atoms with E-state index in [9.17, 15) is 14.4 Å². The maximum atomic E-state index is 12.8. The van der Waals surface area contributed by atoms with Gasteiger partial charge in [0.2, 0.25) is 0 Å². The van der Waals surface area contributed by atoms with Crippen molar-refractivity contribution in [3.05, 3.63) is 29.8 Å². The van der Waals surface area contributed by atoms with Crippen molar-refractivity contribution in [2.75, 3.05) is 13.7 Å². The molecular weight excluding hydrogens is 300 g/mol. The number of methoxy groups -OCH3 is 1. The second kappa shape index (κ2) is 6.68. The van der Waals surface area contributed by atoms with Crippen molar-refractivity contribution < 1.29 is 24.2 Å². The maximum Gasteiger partial charge on any atom is 0.325 e. The minimum Gasteiger partial charge on any atom is -0.497 e. The first kappa shape index (κ1) is 16.8. The highest BCUT2D eigenvalue weighted by molar-refractivity contribution is 6.07. The van der Waals surface area contributed by atoms with Crippen molar-refractivity contribution >= 4 is 17.9 Å². The molecule has 3 amide bonds. The van der Waals surface area contributed by atoms with E-state index in [1.54, 1.807) is 31.4 Å².